The van der Waals surface area contributed by atoms with E-state index in [1.807, 2.05) is 18.2 Å². The van der Waals surface area contributed by atoms with Crippen LogP contribution in [0.5, 0.6) is 0 Å². The Bertz CT molecular complexity index is 1010. The number of amides is 2. The quantitative estimate of drug-likeness (QED) is 0.608. The summed E-state index contributed by atoms with van der Waals surface area (Å²) in [6.45, 7) is 1.42. The van der Waals surface area contributed by atoms with Crippen LogP contribution in [0.2, 0.25) is 0 Å². The second-order valence-corrected chi connectivity index (χ2v) is 8.01. The summed E-state index contributed by atoms with van der Waals surface area (Å²) >= 11 is 0. The van der Waals surface area contributed by atoms with E-state index in [1.165, 1.54) is 30.2 Å². The summed E-state index contributed by atoms with van der Waals surface area (Å²) in [5.74, 6) is -0.308. The van der Waals surface area contributed by atoms with Gasteiger partial charge >= 0.3 is 12.3 Å². The molecule has 10 heteroatoms. The topological polar surface area (TPSA) is 73.9 Å². The van der Waals surface area contributed by atoms with Crippen LogP contribution >= 0.6 is 0 Å². The average molecular weight is 479 g/mol. The zero-order valence-corrected chi connectivity index (χ0v) is 19.2. The Morgan fingerprint density at radius 3 is 2.62 bits per heavy atom. The highest BCUT2D eigenvalue weighted by Crippen LogP contribution is 2.32. The van der Waals surface area contributed by atoms with E-state index in [-0.39, 0.29) is 31.1 Å². The summed E-state index contributed by atoms with van der Waals surface area (Å²) in [5.41, 5.74) is 2.07. The molecule has 0 aromatic heterocycles. The first-order valence-electron chi connectivity index (χ1n) is 11.0. The molecule has 0 saturated heterocycles. The number of ether oxygens (including phenoxy) is 1. The predicted octanol–water partition coefficient (Wildman–Crippen LogP) is 3.49. The third-order valence-corrected chi connectivity index (χ3v) is 5.80. The molecule has 1 heterocycles. The van der Waals surface area contributed by atoms with E-state index in [0.29, 0.717) is 26.1 Å². The first-order chi connectivity index (χ1) is 16.2. The first-order valence-corrected chi connectivity index (χ1v) is 11.0. The highest BCUT2D eigenvalue weighted by molar-refractivity contribution is 5.81. The normalized spacial score (nSPS) is 13.3. The van der Waals surface area contributed by atoms with Gasteiger partial charge in [-0.15, -0.1) is 0 Å². The number of nitrogens with one attached hydrogen (secondary N) is 2. The number of nitrogens with zero attached hydrogens (tertiary/aromatic N) is 2. The van der Waals surface area contributed by atoms with Gasteiger partial charge in [0.25, 0.3) is 0 Å². The van der Waals surface area contributed by atoms with Gasteiger partial charge < -0.3 is 25.2 Å². The number of fused-ring (bicyclic) bond motifs is 1. The van der Waals surface area contributed by atoms with Crippen molar-refractivity contribution in [2.75, 3.05) is 45.7 Å². The molecule has 184 valence electrons. The predicted molar refractivity (Wildman–Crippen MR) is 122 cm³/mol. The van der Waals surface area contributed by atoms with E-state index in [1.54, 1.807) is 11.9 Å². The molecule has 1 aliphatic heterocycles. The van der Waals surface area contributed by atoms with Crippen LogP contribution in [0, 0.1) is 0 Å². The molecule has 2 amide bonds. The lowest BCUT2D eigenvalue weighted by molar-refractivity contribution is -0.139. The molecule has 0 atom stereocenters. The van der Waals surface area contributed by atoms with Crippen LogP contribution in [-0.2, 0) is 35.2 Å². The Hall–Kier alpha value is -3.27. The number of hydrogen-bond acceptors (Lipinski definition) is 5. The van der Waals surface area contributed by atoms with Gasteiger partial charge in [0.15, 0.2) is 0 Å². The molecule has 0 fully saturated rings. The molecule has 0 unspecified atom stereocenters. The Morgan fingerprint density at radius 2 is 1.91 bits per heavy atom. The highest BCUT2D eigenvalue weighted by atomic mass is 19.4. The number of carbonyl (C=O) groups is 2. The van der Waals surface area contributed by atoms with Crippen molar-refractivity contribution in [3.05, 3.63) is 64.7 Å². The number of benzene rings is 2. The standard InChI is InChI=1S/C24H29F3N4O3/c1-28-11-13-30(16-18-6-3-4-8-20(18)24(25,26)27)22(32)14-29-21-9-5-7-17-15-31(23(33)34-2)12-10-19(17)21/h3-9,28-29H,10-16H2,1-2H3. The minimum atomic E-state index is -4.49. The maximum atomic E-state index is 13.4. The average Bonchev–Trinajstić information content (AvgIpc) is 2.83. The van der Waals surface area contributed by atoms with Crippen LogP contribution in [0.25, 0.3) is 0 Å². The molecule has 0 aliphatic carbocycles. The molecule has 2 aromatic rings. The Morgan fingerprint density at radius 1 is 1.15 bits per heavy atom. The van der Waals surface area contributed by atoms with Crippen molar-refractivity contribution in [2.24, 2.45) is 0 Å². The molecule has 7 nitrogen and oxygen atoms in total. The Labute approximate surface area is 196 Å². The third-order valence-electron chi connectivity index (χ3n) is 5.80. The van der Waals surface area contributed by atoms with Crippen LogP contribution in [0.1, 0.15) is 22.3 Å². The van der Waals surface area contributed by atoms with E-state index in [9.17, 15) is 22.8 Å². The number of methoxy groups -OCH3 is 1. The minimum absolute atomic E-state index is 0.0550. The van der Waals surface area contributed by atoms with Crippen LogP contribution < -0.4 is 10.6 Å². The summed E-state index contributed by atoms with van der Waals surface area (Å²) in [6, 6.07) is 10.9. The lowest BCUT2D eigenvalue weighted by atomic mass is 9.98. The summed E-state index contributed by atoms with van der Waals surface area (Å²) in [7, 11) is 3.06. The second kappa shape index (κ2) is 11.2. The van der Waals surface area contributed by atoms with Crippen LogP contribution in [0.15, 0.2) is 42.5 Å². The van der Waals surface area contributed by atoms with Gasteiger partial charge in [-0.25, -0.2) is 4.79 Å². The highest BCUT2D eigenvalue weighted by Gasteiger charge is 2.33. The molecule has 0 radical (unpaired) electrons. The molecule has 1 aliphatic rings. The Balaban J connectivity index is 1.72. The van der Waals surface area contributed by atoms with Crippen LogP contribution in [-0.4, -0.2) is 62.1 Å². The number of carbonyl (C=O) groups excluding carboxylic acids is 2. The number of halogens is 3. The SMILES string of the molecule is CNCCN(Cc1ccccc1C(F)(F)F)C(=O)CNc1cccc2c1CCN(C(=O)OC)C2. The third kappa shape index (κ3) is 6.19. The van der Waals surface area contributed by atoms with E-state index < -0.39 is 17.8 Å². The van der Waals surface area contributed by atoms with Crippen molar-refractivity contribution in [3.63, 3.8) is 0 Å². The molecule has 0 bridgehead atoms. The fraction of sp³-hybridized carbons (Fsp3) is 0.417. The molecule has 3 rings (SSSR count). The summed E-state index contributed by atoms with van der Waals surface area (Å²) in [4.78, 5) is 27.9. The van der Waals surface area contributed by atoms with Crippen molar-refractivity contribution in [1.29, 1.82) is 0 Å². The number of rotatable bonds is 8. The second-order valence-electron chi connectivity index (χ2n) is 8.01. The monoisotopic (exact) mass is 478 g/mol. The molecular weight excluding hydrogens is 449 g/mol. The molecule has 2 N–H and O–H groups in total. The fourth-order valence-electron chi connectivity index (χ4n) is 4.02. The number of hydrogen-bond donors (Lipinski definition) is 2. The molecule has 0 saturated carbocycles. The van der Waals surface area contributed by atoms with Gasteiger partial charge in [-0.3, -0.25) is 4.79 Å². The van der Waals surface area contributed by atoms with Crippen LogP contribution in [0.3, 0.4) is 0 Å². The molecular formula is C24H29F3N4O3. The maximum Gasteiger partial charge on any atom is 0.416 e. The van der Waals surface area contributed by atoms with Crippen molar-refractivity contribution >= 4 is 17.7 Å². The smallest absolute Gasteiger partial charge is 0.416 e. The van der Waals surface area contributed by atoms with Crippen molar-refractivity contribution in [2.45, 2.75) is 25.7 Å². The maximum absolute atomic E-state index is 13.4. The van der Waals surface area contributed by atoms with Gasteiger partial charge in [0.2, 0.25) is 5.91 Å². The van der Waals surface area contributed by atoms with Gasteiger partial charge in [0.1, 0.15) is 0 Å². The summed E-state index contributed by atoms with van der Waals surface area (Å²) in [6.07, 6.45) is -4.28. The molecule has 0 spiro atoms. The lowest BCUT2D eigenvalue weighted by Crippen LogP contribution is -2.40. The van der Waals surface area contributed by atoms with Gasteiger partial charge in [0.05, 0.1) is 19.2 Å². The minimum Gasteiger partial charge on any atom is -0.453 e. The van der Waals surface area contributed by atoms with Crippen LogP contribution in [0.4, 0.5) is 23.7 Å². The first kappa shape index (κ1) is 25.4. The molecule has 34 heavy (non-hydrogen) atoms. The fourth-order valence-corrected chi connectivity index (χ4v) is 4.02. The lowest BCUT2D eigenvalue weighted by Gasteiger charge is -2.29. The van der Waals surface area contributed by atoms with Crippen molar-refractivity contribution in [1.82, 2.24) is 15.1 Å². The molecule has 2 aromatic carbocycles. The van der Waals surface area contributed by atoms with Crippen molar-refractivity contribution in [3.8, 4) is 0 Å². The number of anilines is 1. The number of alkyl halides is 3. The van der Waals surface area contributed by atoms with Gasteiger partial charge in [-0.1, -0.05) is 30.3 Å². The zero-order valence-electron chi connectivity index (χ0n) is 19.2. The Kier molecular flexibility index (Phi) is 8.38. The van der Waals surface area contributed by atoms with E-state index in [0.717, 1.165) is 22.9 Å². The van der Waals surface area contributed by atoms with Gasteiger partial charge in [-0.2, -0.15) is 13.2 Å². The largest absolute Gasteiger partial charge is 0.453 e. The van der Waals surface area contributed by atoms with E-state index >= 15 is 0 Å². The van der Waals surface area contributed by atoms with Gasteiger partial charge in [0, 0.05) is 38.4 Å². The van der Waals surface area contributed by atoms with E-state index in [4.69, 9.17) is 4.74 Å². The van der Waals surface area contributed by atoms with Crippen molar-refractivity contribution < 1.29 is 27.5 Å². The van der Waals surface area contributed by atoms with Gasteiger partial charge in [-0.05, 0) is 42.3 Å². The number of likely N-dealkylation sites (N-methyl/N-ethyl adjacent to an activating group) is 1. The zero-order chi connectivity index (χ0) is 24.7. The summed E-state index contributed by atoms with van der Waals surface area (Å²) in [5, 5.41) is 6.09. The summed E-state index contributed by atoms with van der Waals surface area (Å²) < 4.78 is 45.1. The van der Waals surface area contributed by atoms with E-state index in [2.05, 4.69) is 10.6 Å².